The van der Waals surface area contributed by atoms with Crippen LogP contribution < -0.4 is 20.4 Å². The standard InChI is InChI=1S/C18H30N6S/c1-13-7-10-23(11-8-13)15-12-16(24-9-5-4-6-14(24)2)21-17(20-15)22-18(25)19-3/h12-14H,4-11H2,1-3H3,(H2,19,20,21,22,25)/t14-/m1/s1. The van der Waals surface area contributed by atoms with Gasteiger partial charge in [0, 0.05) is 38.8 Å². The van der Waals surface area contributed by atoms with Crippen molar-refractivity contribution in [3.63, 3.8) is 0 Å². The van der Waals surface area contributed by atoms with Crippen molar-refractivity contribution in [1.82, 2.24) is 15.3 Å². The van der Waals surface area contributed by atoms with Crippen LogP contribution in [0.1, 0.15) is 46.0 Å². The molecule has 2 aliphatic rings. The molecule has 0 aromatic carbocycles. The average molecular weight is 363 g/mol. The number of aromatic nitrogens is 2. The number of nitrogens with zero attached hydrogens (tertiary/aromatic N) is 4. The van der Waals surface area contributed by atoms with Gasteiger partial charge in [-0.25, -0.2) is 0 Å². The van der Waals surface area contributed by atoms with Crippen molar-refractivity contribution in [3.8, 4) is 0 Å². The monoisotopic (exact) mass is 362 g/mol. The highest BCUT2D eigenvalue weighted by atomic mass is 32.1. The second kappa shape index (κ2) is 8.17. The number of nitrogens with one attached hydrogen (secondary N) is 2. The van der Waals surface area contributed by atoms with E-state index in [9.17, 15) is 0 Å². The van der Waals surface area contributed by atoms with E-state index in [0.29, 0.717) is 17.1 Å². The van der Waals surface area contributed by atoms with Crippen LogP contribution in [0.5, 0.6) is 0 Å². The minimum Gasteiger partial charge on any atom is -0.365 e. The van der Waals surface area contributed by atoms with Crippen LogP contribution in [0.2, 0.25) is 0 Å². The second-order valence-electron chi connectivity index (χ2n) is 7.32. The van der Waals surface area contributed by atoms with Gasteiger partial charge in [0.05, 0.1) is 0 Å². The van der Waals surface area contributed by atoms with Crippen molar-refractivity contribution in [2.45, 2.75) is 52.0 Å². The Bertz CT molecular complexity index is 599. The second-order valence-corrected chi connectivity index (χ2v) is 7.73. The quantitative estimate of drug-likeness (QED) is 0.802. The van der Waals surface area contributed by atoms with E-state index in [1.807, 2.05) is 0 Å². The van der Waals surface area contributed by atoms with Crippen LogP contribution in [0.15, 0.2) is 6.07 Å². The van der Waals surface area contributed by atoms with E-state index in [1.165, 1.54) is 32.1 Å². The maximum atomic E-state index is 5.25. The molecule has 2 fully saturated rings. The zero-order valence-corrected chi connectivity index (χ0v) is 16.4. The molecule has 2 aliphatic heterocycles. The first-order chi connectivity index (χ1) is 12.1. The number of piperidine rings is 2. The van der Waals surface area contributed by atoms with Crippen molar-refractivity contribution in [2.24, 2.45) is 5.92 Å². The van der Waals surface area contributed by atoms with E-state index < -0.39 is 0 Å². The van der Waals surface area contributed by atoms with Crippen LogP contribution in [0.25, 0.3) is 0 Å². The molecule has 3 rings (SSSR count). The van der Waals surface area contributed by atoms with E-state index in [1.54, 1.807) is 7.05 Å². The molecule has 2 N–H and O–H groups in total. The highest BCUT2D eigenvalue weighted by Crippen LogP contribution is 2.29. The van der Waals surface area contributed by atoms with Gasteiger partial charge < -0.3 is 20.4 Å². The Hall–Kier alpha value is -1.63. The third-order valence-electron chi connectivity index (χ3n) is 5.36. The number of anilines is 3. The van der Waals surface area contributed by atoms with Crippen LogP contribution >= 0.6 is 12.2 Å². The molecule has 138 valence electrons. The molecule has 7 heteroatoms. The molecule has 1 atom stereocenters. The molecule has 2 saturated heterocycles. The minimum atomic E-state index is 0.516. The average Bonchev–Trinajstić information content (AvgIpc) is 2.62. The first kappa shape index (κ1) is 18.2. The number of thiocarbonyl (C=S) groups is 1. The topological polar surface area (TPSA) is 56.3 Å². The van der Waals surface area contributed by atoms with Crippen LogP contribution in [0, 0.1) is 5.92 Å². The predicted octanol–water partition coefficient (Wildman–Crippen LogP) is 3.01. The molecular formula is C18H30N6S. The number of hydrogen-bond acceptors (Lipinski definition) is 5. The molecule has 0 unspecified atom stereocenters. The summed E-state index contributed by atoms with van der Waals surface area (Å²) in [6.07, 6.45) is 6.18. The van der Waals surface area contributed by atoms with Crippen molar-refractivity contribution in [2.75, 3.05) is 41.8 Å². The maximum Gasteiger partial charge on any atom is 0.232 e. The summed E-state index contributed by atoms with van der Waals surface area (Å²) in [7, 11) is 1.80. The predicted molar refractivity (Wildman–Crippen MR) is 109 cm³/mol. The van der Waals surface area contributed by atoms with E-state index >= 15 is 0 Å². The van der Waals surface area contributed by atoms with Crippen molar-refractivity contribution < 1.29 is 0 Å². The smallest absolute Gasteiger partial charge is 0.232 e. The molecule has 6 nitrogen and oxygen atoms in total. The molecule has 25 heavy (non-hydrogen) atoms. The van der Waals surface area contributed by atoms with Gasteiger partial charge in [0.25, 0.3) is 0 Å². The molecule has 0 spiro atoms. The lowest BCUT2D eigenvalue weighted by Crippen LogP contribution is -2.39. The third kappa shape index (κ3) is 4.51. The van der Waals surface area contributed by atoms with Gasteiger partial charge in [-0.15, -0.1) is 0 Å². The lowest BCUT2D eigenvalue weighted by molar-refractivity contribution is 0.436. The fourth-order valence-corrected chi connectivity index (χ4v) is 3.72. The summed E-state index contributed by atoms with van der Waals surface area (Å²) in [6.45, 7) is 7.79. The van der Waals surface area contributed by atoms with Crippen molar-refractivity contribution >= 4 is 34.9 Å². The summed E-state index contributed by atoms with van der Waals surface area (Å²) in [4.78, 5) is 14.3. The minimum absolute atomic E-state index is 0.516. The molecule has 0 saturated carbocycles. The van der Waals surface area contributed by atoms with Gasteiger partial charge in [0.2, 0.25) is 5.95 Å². The highest BCUT2D eigenvalue weighted by molar-refractivity contribution is 7.80. The largest absolute Gasteiger partial charge is 0.365 e. The fourth-order valence-electron chi connectivity index (χ4n) is 3.63. The zero-order valence-electron chi connectivity index (χ0n) is 15.6. The molecule has 0 bridgehead atoms. The van der Waals surface area contributed by atoms with Crippen LogP contribution in [-0.2, 0) is 0 Å². The van der Waals surface area contributed by atoms with Crippen molar-refractivity contribution in [3.05, 3.63) is 6.07 Å². The first-order valence-corrected chi connectivity index (χ1v) is 9.87. The molecule has 3 heterocycles. The van der Waals surface area contributed by atoms with Crippen LogP contribution in [0.3, 0.4) is 0 Å². The number of hydrogen-bond donors (Lipinski definition) is 2. The molecule has 1 aromatic heterocycles. The fraction of sp³-hybridized carbons (Fsp3) is 0.722. The summed E-state index contributed by atoms with van der Waals surface area (Å²) in [5.74, 6) is 3.41. The highest BCUT2D eigenvalue weighted by Gasteiger charge is 2.23. The van der Waals surface area contributed by atoms with Gasteiger partial charge in [0.1, 0.15) is 11.6 Å². The van der Waals surface area contributed by atoms with Crippen LogP contribution in [-0.4, -0.2) is 47.8 Å². The third-order valence-corrected chi connectivity index (χ3v) is 5.66. The summed E-state index contributed by atoms with van der Waals surface area (Å²) < 4.78 is 0. The number of rotatable bonds is 3. The normalized spacial score (nSPS) is 22.0. The van der Waals surface area contributed by atoms with Gasteiger partial charge in [-0.05, 0) is 57.2 Å². The Morgan fingerprint density at radius 2 is 1.80 bits per heavy atom. The molecule has 0 amide bonds. The van der Waals surface area contributed by atoms with Crippen LogP contribution in [0.4, 0.5) is 17.6 Å². The van der Waals surface area contributed by atoms with Crippen molar-refractivity contribution in [1.29, 1.82) is 0 Å². The zero-order chi connectivity index (χ0) is 17.8. The summed E-state index contributed by atoms with van der Waals surface area (Å²) >= 11 is 5.25. The lowest BCUT2D eigenvalue weighted by atomic mass is 9.99. The van der Waals surface area contributed by atoms with Gasteiger partial charge >= 0.3 is 0 Å². The molecule has 0 radical (unpaired) electrons. The Balaban J connectivity index is 1.89. The Morgan fingerprint density at radius 1 is 1.08 bits per heavy atom. The van der Waals surface area contributed by atoms with E-state index in [2.05, 4.69) is 40.3 Å². The van der Waals surface area contributed by atoms with Gasteiger partial charge in [-0.1, -0.05) is 6.92 Å². The molecule has 0 aliphatic carbocycles. The summed E-state index contributed by atoms with van der Waals surface area (Å²) in [6, 6.07) is 2.67. The molecule has 1 aromatic rings. The van der Waals surface area contributed by atoms with Gasteiger partial charge in [0.15, 0.2) is 5.11 Å². The first-order valence-electron chi connectivity index (χ1n) is 9.46. The SMILES string of the molecule is CNC(=S)Nc1nc(N2CCC(C)CC2)cc(N2CCCC[C@H]2C)n1. The summed E-state index contributed by atoms with van der Waals surface area (Å²) in [5, 5.41) is 6.60. The lowest BCUT2D eigenvalue weighted by Gasteiger charge is -2.36. The Morgan fingerprint density at radius 3 is 2.48 bits per heavy atom. The Kier molecular flexibility index (Phi) is 5.93. The maximum absolute atomic E-state index is 5.25. The van der Waals surface area contributed by atoms with Gasteiger partial charge in [-0.3, -0.25) is 0 Å². The van der Waals surface area contributed by atoms with Gasteiger partial charge in [-0.2, -0.15) is 9.97 Å². The molecular weight excluding hydrogens is 332 g/mol. The Labute approximate surface area is 156 Å². The summed E-state index contributed by atoms with van der Waals surface area (Å²) in [5.41, 5.74) is 0. The van der Waals surface area contributed by atoms with E-state index in [0.717, 1.165) is 37.2 Å². The van der Waals surface area contributed by atoms with E-state index in [-0.39, 0.29) is 0 Å². The van der Waals surface area contributed by atoms with E-state index in [4.69, 9.17) is 22.2 Å².